The highest BCUT2D eigenvalue weighted by Crippen LogP contribution is 2.24. The first-order valence-corrected chi connectivity index (χ1v) is 9.36. The number of ether oxygens (including phenoxy) is 1. The van der Waals surface area contributed by atoms with Crippen molar-refractivity contribution in [3.63, 3.8) is 0 Å². The summed E-state index contributed by atoms with van der Waals surface area (Å²) in [4.78, 5) is 0.0193. The Hall–Kier alpha value is -1.89. The number of nitrogens with two attached hydrogens (primary N) is 1. The number of benzene rings is 2. The quantitative estimate of drug-likeness (QED) is 0.806. The van der Waals surface area contributed by atoms with Gasteiger partial charge in [0.15, 0.2) is 0 Å². The second-order valence-electron chi connectivity index (χ2n) is 5.93. The minimum atomic E-state index is -3.82. The highest BCUT2D eigenvalue weighted by atomic mass is 32.2. The van der Waals surface area contributed by atoms with Crippen LogP contribution in [0.3, 0.4) is 0 Å². The molecule has 0 spiro atoms. The van der Waals surface area contributed by atoms with Crippen LogP contribution in [0.4, 0.5) is 0 Å². The van der Waals surface area contributed by atoms with Crippen molar-refractivity contribution in [3.05, 3.63) is 59.7 Å². The summed E-state index contributed by atoms with van der Waals surface area (Å²) < 4.78 is 28.5. The van der Waals surface area contributed by atoms with Gasteiger partial charge in [0.05, 0.1) is 7.11 Å². The summed E-state index contributed by atoms with van der Waals surface area (Å²) in [7, 11) is -2.39. The minimum Gasteiger partial charge on any atom is -0.495 e. The van der Waals surface area contributed by atoms with Crippen LogP contribution in [-0.2, 0) is 16.4 Å². The monoisotopic (exact) mass is 348 g/mol. The van der Waals surface area contributed by atoms with Crippen molar-refractivity contribution in [1.82, 2.24) is 5.32 Å². The van der Waals surface area contributed by atoms with Crippen LogP contribution in [0.2, 0.25) is 0 Å². The summed E-state index contributed by atoms with van der Waals surface area (Å²) >= 11 is 0. The van der Waals surface area contributed by atoms with Gasteiger partial charge in [-0.3, -0.25) is 0 Å². The Bertz CT molecular complexity index is 776. The molecular formula is C18H24N2O3S. The van der Waals surface area contributed by atoms with Gasteiger partial charge in [0.1, 0.15) is 10.6 Å². The van der Waals surface area contributed by atoms with E-state index >= 15 is 0 Å². The fourth-order valence-electron chi connectivity index (χ4n) is 2.75. The lowest BCUT2D eigenvalue weighted by molar-refractivity contribution is 0.402. The Morgan fingerprint density at radius 2 is 1.79 bits per heavy atom. The van der Waals surface area contributed by atoms with Crippen LogP contribution >= 0.6 is 0 Å². The second kappa shape index (κ2) is 7.79. The summed E-state index contributed by atoms with van der Waals surface area (Å²) in [5.74, 6) is 0.263. The van der Waals surface area contributed by atoms with E-state index in [1.807, 2.05) is 24.3 Å². The van der Waals surface area contributed by atoms with Gasteiger partial charge in [-0.25, -0.2) is 13.6 Å². The average molecular weight is 348 g/mol. The molecular weight excluding hydrogens is 324 g/mol. The van der Waals surface area contributed by atoms with Gasteiger partial charge >= 0.3 is 0 Å². The Labute approximate surface area is 143 Å². The van der Waals surface area contributed by atoms with Crippen molar-refractivity contribution < 1.29 is 13.2 Å². The maximum atomic E-state index is 11.7. The fourth-order valence-corrected chi connectivity index (χ4v) is 3.50. The molecule has 6 heteroatoms. The van der Waals surface area contributed by atoms with Crippen LogP contribution in [-0.4, -0.2) is 21.6 Å². The van der Waals surface area contributed by atoms with Crippen LogP contribution in [0.1, 0.15) is 31.0 Å². The van der Waals surface area contributed by atoms with Crippen molar-refractivity contribution in [2.45, 2.75) is 37.2 Å². The highest BCUT2D eigenvalue weighted by molar-refractivity contribution is 7.89. The van der Waals surface area contributed by atoms with E-state index in [1.54, 1.807) is 12.1 Å². The summed E-state index contributed by atoms with van der Waals surface area (Å²) in [6.45, 7) is 4.18. The Kier molecular flexibility index (Phi) is 5.99. The minimum absolute atomic E-state index is 0.0193. The molecule has 2 aromatic rings. The molecule has 2 rings (SSSR count). The van der Waals surface area contributed by atoms with Crippen LogP contribution in [0.5, 0.6) is 5.75 Å². The lowest BCUT2D eigenvalue weighted by atomic mass is 10.0. The van der Waals surface area contributed by atoms with Crippen molar-refractivity contribution >= 4 is 10.0 Å². The predicted octanol–water partition coefficient (Wildman–Crippen LogP) is 2.62. The molecule has 0 saturated carbocycles. The highest BCUT2D eigenvalue weighted by Gasteiger charge is 2.17. The summed E-state index contributed by atoms with van der Waals surface area (Å²) in [6, 6.07) is 15.6. The Morgan fingerprint density at radius 1 is 1.12 bits per heavy atom. The number of primary sulfonamides is 1. The predicted molar refractivity (Wildman–Crippen MR) is 95.5 cm³/mol. The van der Waals surface area contributed by atoms with Crippen molar-refractivity contribution in [3.8, 4) is 5.75 Å². The molecule has 24 heavy (non-hydrogen) atoms. The lowest BCUT2D eigenvalue weighted by Gasteiger charge is -2.21. The molecule has 0 aliphatic heterocycles. The van der Waals surface area contributed by atoms with E-state index in [0.717, 1.165) is 5.56 Å². The molecule has 0 aliphatic carbocycles. The molecule has 5 nitrogen and oxygen atoms in total. The molecule has 0 fully saturated rings. The first-order valence-electron chi connectivity index (χ1n) is 7.82. The van der Waals surface area contributed by atoms with Crippen molar-refractivity contribution in [1.29, 1.82) is 0 Å². The molecule has 1 unspecified atom stereocenters. The zero-order valence-electron chi connectivity index (χ0n) is 14.2. The van der Waals surface area contributed by atoms with Crippen LogP contribution in [0.15, 0.2) is 53.4 Å². The summed E-state index contributed by atoms with van der Waals surface area (Å²) in [5.41, 5.74) is 2.10. The zero-order chi connectivity index (χ0) is 17.7. The number of sulfonamides is 1. The molecule has 0 aliphatic rings. The normalized spacial score (nSPS) is 14.2. The molecule has 3 N–H and O–H groups in total. The number of nitrogens with one attached hydrogen (secondary N) is 1. The third-order valence-corrected chi connectivity index (χ3v) is 4.84. The first kappa shape index (κ1) is 18.4. The number of hydrogen-bond acceptors (Lipinski definition) is 4. The maximum absolute atomic E-state index is 11.7. The Balaban J connectivity index is 2.10. The largest absolute Gasteiger partial charge is 0.495 e. The summed E-state index contributed by atoms with van der Waals surface area (Å²) in [5, 5.41) is 8.79. The van der Waals surface area contributed by atoms with E-state index in [9.17, 15) is 8.42 Å². The zero-order valence-corrected chi connectivity index (χ0v) is 15.0. The van der Waals surface area contributed by atoms with Crippen LogP contribution in [0, 0.1) is 0 Å². The molecule has 2 atom stereocenters. The molecule has 0 amide bonds. The number of rotatable bonds is 7. The van der Waals surface area contributed by atoms with Crippen LogP contribution < -0.4 is 15.2 Å². The smallest absolute Gasteiger partial charge is 0.241 e. The standard InChI is InChI=1S/C18H24N2O3S/c1-13(20-14(2)16-7-5-4-6-8-16)11-15-9-10-17(23-3)18(12-15)24(19,21)22/h4-10,12-14,20H,11H2,1-3H3,(H2,19,21,22)/t13-,14?/m1/s1. The molecule has 0 saturated heterocycles. The maximum Gasteiger partial charge on any atom is 0.241 e. The van der Waals surface area contributed by atoms with Gasteiger partial charge in [0.2, 0.25) is 10.0 Å². The topological polar surface area (TPSA) is 81.4 Å². The van der Waals surface area contributed by atoms with Crippen molar-refractivity contribution in [2.24, 2.45) is 5.14 Å². The van der Waals surface area contributed by atoms with E-state index in [0.29, 0.717) is 6.42 Å². The van der Waals surface area contributed by atoms with E-state index < -0.39 is 10.0 Å². The van der Waals surface area contributed by atoms with Gasteiger partial charge < -0.3 is 10.1 Å². The third-order valence-electron chi connectivity index (χ3n) is 3.91. The van der Waals surface area contributed by atoms with Crippen molar-refractivity contribution in [2.75, 3.05) is 7.11 Å². The molecule has 0 bridgehead atoms. The van der Waals surface area contributed by atoms with Crippen LogP contribution in [0.25, 0.3) is 0 Å². The SMILES string of the molecule is COc1ccc(C[C@@H](C)NC(C)c2ccccc2)cc1S(N)(=O)=O. The first-order chi connectivity index (χ1) is 11.3. The van der Waals surface area contributed by atoms with E-state index in [4.69, 9.17) is 9.88 Å². The number of hydrogen-bond donors (Lipinski definition) is 2. The molecule has 0 radical (unpaired) electrons. The van der Waals surface area contributed by atoms with Gasteiger partial charge in [-0.15, -0.1) is 0 Å². The summed E-state index contributed by atoms with van der Waals surface area (Å²) in [6.07, 6.45) is 0.684. The Morgan fingerprint density at radius 3 is 2.38 bits per heavy atom. The molecule has 0 heterocycles. The van der Waals surface area contributed by atoms with Gasteiger partial charge in [0.25, 0.3) is 0 Å². The van der Waals surface area contributed by atoms with Gasteiger partial charge in [0, 0.05) is 12.1 Å². The number of methoxy groups -OCH3 is 1. The molecule has 130 valence electrons. The van der Waals surface area contributed by atoms with E-state index in [-0.39, 0.29) is 22.7 Å². The van der Waals surface area contributed by atoms with E-state index in [2.05, 4.69) is 31.3 Å². The fraction of sp³-hybridized carbons (Fsp3) is 0.333. The van der Waals surface area contributed by atoms with Gasteiger partial charge in [-0.2, -0.15) is 0 Å². The lowest BCUT2D eigenvalue weighted by Crippen LogP contribution is -2.30. The molecule has 2 aromatic carbocycles. The molecule has 0 aromatic heterocycles. The van der Waals surface area contributed by atoms with E-state index in [1.165, 1.54) is 12.7 Å². The average Bonchev–Trinajstić information content (AvgIpc) is 2.54. The third kappa shape index (κ3) is 4.80. The van der Waals surface area contributed by atoms with Gasteiger partial charge in [-0.05, 0) is 43.5 Å². The van der Waals surface area contributed by atoms with Gasteiger partial charge in [-0.1, -0.05) is 36.4 Å². The second-order valence-corrected chi connectivity index (χ2v) is 7.46.